The van der Waals surface area contributed by atoms with Gasteiger partial charge in [-0.25, -0.2) is 0 Å². The molecule has 0 saturated heterocycles. The topological polar surface area (TPSA) is 143 Å². The van der Waals surface area contributed by atoms with Crippen molar-refractivity contribution in [2.75, 3.05) is 52.9 Å². The SMILES string of the molecule is CCCCCCCCC(=O)OCC(CO)(COCC(CO)(CO)CO)COC(=O)CCCCCCCC. The Labute approximate surface area is 223 Å². The van der Waals surface area contributed by atoms with Crippen LogP contribution in [0.2, 0.25) is 0 Å². The van der Waals surface area contributed by atoms with Gasteiger partial charge in [0.2, 0.25) is 0 Å². The molecule has 0 saturated carbocycles. The quantitative estimate of drug-likeness (QED) is 0.0968. The fourth-order valence-electron chi connectivity index (χ4n) is 3.74. The summed E-state index contributed by atoms with van der Waals surface area (Å²) in [6, 6.07) is 0. The molecular formula is C28H54O9. The fraction of sp³-hybridized carbons (Fsp3) is 0.929. The Morgan fingerprint density at radius 1 is 0.514 bits per heavy atom. The highest BCUT2D eigenvalue weighted by atomic mass is 16.6. The van der Waals surface area contributed by atoms with Gasteiger partial charge in [-0.15, -0.1) is 0 Å². The van der Waals surface area contributed by atoms with Gasteiger partial charge in [0.15, 0.2) is 0 Å². The fourth-order valence-corrected chi connectivity index (χ4v) is 3.74. The third kappa shape index (κ3) is 17.0. The van der Waals surface area contributed by atoms with Crippen LogP contribution in [0.25, 0.3) is 0 Å². The minimum absolute atomic E-state index is 0.153. The van der Waals surface area contributed by atoms with E-state index in [1.807, 2.05) is 0 Å². The van der Waals surface area contributed by atoms with Gasteiger partial charge >= 0.3 is 11.9 Å². The molecule has 0 bridgehead atoms. The Morgan fingerprint density at radius 2 is 0.865 bits per heavy atom. The van der Waals surface area contributed by atoms with E-state index in [2.05, 4.69) is 13.8 Å². The molecular weight excluding hydrogens is 480 g/mol. The minimum Gasteiger partial charge on any atom is -0.465 e. The predicted molar refractivity (Wildman–Crippen MR) is 142 cm³/mol. The summed E-state index contributed by atoms with van der Waals surface area (Å²) in [4.78, 5) is 24.6. The Hall–Kier alpha value is -1.26. The van der Waals surface area contributed by atoms with Crippen molar-refractivity contribution in [1.82, 2.24) is 0 Å². The van der Waals surface area contributed by atoms with Crippen molar-refractivity contribution in [3.05, 3.63) is 0 Å². The standard InChI is InChI=1S/C28H54O9/c1-3-5-7-9-11-13-15-25(33)36-23-28(20-32,22-35-21-27(17-29,18-30)19-31)24-37-26(34)16-14-12-10-8-6-4-2/h29-32H,3-24H2,1-2H3. The number of esters is 2. The van der Waals surface area contributed by atoms with Crippen LogP contribution in [0, 0.1) is 10.8 Å². The molecule has 0 aromatic rings. The lowest BCUT2D eigenvalue weighted by molar-refractivity contribution is -0.163. The molecule has 0 aliphatic rings. The lowest BCUT2D eigenvalue weighted by Gasteiger charge is -2.33. The second-order valence-corrected chi connectivity index (χ2v) is 10.5. The maximum atomic E-state index is 12.3. The summed E-state index contributed by atoms with van der Waals surface area (Å²) >= 11 is 0. The third-order valence-electron chi connectivity index (χ3n) is 6.71. The van der Waals surface area contributed by atoms with Crippen molar-refractivity contribution in [2.24, 2.45) is 10.8 Å². The van der Waals surface area contributed by atoms with E-state index in [0.29, 0.717) is 0 Å². The lowest BCUT2D eigenvalue weighted by atomic mass is 9.90. The molecule has 0 heterocycles. The molecule has 9 heteroatoms. The highest BCUT2D eigenvalue weighted by molar-refractivity contribution is 5.69. The first-order valence-corrected chi connectivity index (χ1v) is 14.2. The van der Waals surface area contributed by atoms with E-state index in [0.717, 1.165) is 64.2 Å². The van der Waals surface area contributed by atoms with Gasteiger partial charge in [-0.3, -0.25) is 9.59 Å². The van der Waals surface area contributed by atoms with Gasteiger partial charge in [0.05, 0.1) is 50.5 Å². The van der Waals surface area contributed by atoms with Crippen molar-refractivity contribution in [1.29, 1.82) is 0 Å². The average molecular weight is 535 g/mol. The molecule has 0 atom stereocenters. The van der Waals surface area contributed by atoms with Crippen molar-refractivity contribution in [3.63, 3.8) is 0 Å². The van der Waals surface area contributed by atoms with Crippen molar-refractivity contribution in [3.8, 4) is 0 Å². The van der Waals surface area contributed by atoms with Crippen LogP contribution in [-0.2, 0) is 23.8 Å². The van der Waals surface area contributed by atoms with Gasteiger partial charge in [-0.1, -0.05) is 78.1 Å². The molecule has 0 aromatic carbocycles. The van der Waals surface area contributed by atoms with Crippen molar-refractivity contribution in [2.45, 2.75) is 104 Å². The average Bonchev–Trinajstić information content (AvgIpc) is 2.92. The zero-order chi connectivity index (χ0) is 27.8. The first-order valence-electron chi connectivity index (χ1n) is 14.2. The van der Waals surface area contributed by atoms with E-state index in [1.54, 1.807) is 0 Å². The number of carbonyl (C=O) groups excluding carboxylic acids is 2. The lowest BCUT2D eigenvalue weighted by Crippen LogP contribution is -2.45. The Morgan fingerprint density at radius 3 is 1.24 bits per heavy atom. The number of unbranched alkanes of at least 4 members (excludes halogenated alkanes) is 10. The maximum absolute atomic E-state index is 12.3. The molecule has 0 spiro atoms. The van der Waals surface area contributed by atoms with E-state index in [9.17, 15) is 30.0 Å². The Bertz CT molecular complexity index is 524. The zero-order valence-electron chi connectivity index (χ0n) is 23.4. The summed E-state index contributed by atoms with van der Waals surface area (Å²) < 4.78 is 16.5. The second-order valence-electron chi connectivity index (χ2n) is 10.5. The second kappa shape index (κ2) is 22.7. The number of carbonyl (C=O) groups is 2. The molecule has 0 unspecified atom stereocenters. The molecule has 0 rings (SSSR count). The first kappa shape index (κ1) is 35.7. The number of rotatable bonds is 26. The van der Waals surface area contributed by atoms with Gasteiger partial charge in [0.25, 0.3) is 0 Å². The van der Waals surface area contributed by atoms with Crippen LogP contribution >= 0.6 is 0 Å². The molecule has 37 heavy (non-hydrogen) atoms. The van der Waals surface area contributed by atoms with E-state index < -0.39 is 37.3 Å². The summed E-state index contributed by atoms with van der Waals surface area (Å²) in [5, 5.41) is 38.8. The summed E-state index contributed by atoms with van der Waals surface area (Å²) in [5.41, 5.74) is -2.44. The van der Waals surface area contributed by atoms with Crippen LogP contribution in [0.1, 0.15) is 104 Å². The molecule has 9 nitrogen and oxygen atoms in total. The molecule has 0 aromatic heterocycles. The van der Waals surface area contributed by atoms with Crippen LogP contribution in [0.15, 0.2) is 0 Å². The van der Waals surface area contributed by atoms with Gasteiger partial charge in [0, 0.05) is 12.8 Å². The number of aliphatic hydroxyl groups excluding tert-OH is 4. The maximum Gasteiger partial charge on any atom is 0.305 e. The van der Waals surface area contributed by atoms with Crippen LogP contribution < -0.4 is 0 Å². The monoisotopic (exact) mass is 534 g/mol. The molecule has 0 radical (unpaired) electrons. The summed E-state index contributed by atoms with van der Waals surface area (Å²) in [5.74, 6) is -0.774. The molecule has 0 aliphatic carbocycles. The highest BCUT2D eigenvalue weighted by Gasteiger charge is 2.36. The van der Waals surface area contributed by atoms with Crippen LogP contribution in [0.3, 0.4) is 0 Å². The summed E-state index contributed by atoms with van der Waals surface area (Å²) in [6.45, 7) is 1.61. The van der Waals surface area contributed by atoms with Gasteiger partial charge in [-0.2, -0.15) is 0 Å². The highest BCUT2D eigenvalue weighted by Crippen LogP contribution is 2.23. The predicted octanol–water partition coefficient (Wildman–Crippen LogP) is 3.53. The molecule has 0 fully saturated rings. The van der Waals surface area contributed by atoms with Gasteiger partial charge < -0.3 is 34.6 Å². The number of hydrogen-bond donors (Lipinski definition) is 4. The van der Waals surface area contributed by atoms with E-state index in [1.165, 1.54) is 12.8 Å². The molecule has 0 aliphatic heterocycles. The van der Waals surface area contributed by atoms with Crippen molar-refractivity contribution < 1.29 is 44.2 Å². The Kier molecular flexibility index (Phi) is 21.9. The first-order chi connectivity index (χ1) is 17.9. The van der Waals surface area contributed by atoms with Crippen LogP contribution in [-0.4, -0.2) is 85.2 Å². The largest absolute Gasteiger partial charge is 0.465 e. The molecule has 0 amide bonds. The van der Waals surface area contributed by atoms with E-state index in [-0.39, 0.29) is 51.2 Å². The van der Waals surface area contributed by atoms with Crippen molar-refractivity contribution >= 4 is 11.9 Å². The van der Waals surface area contributed by atoms with E-state index in [4.69, 9.17) is 14.2 Å². The summed E-state index contributed by atoms with van der Waals surface area (Å²) in [6.07, 6.45) is 13.0. The third-order valence-corrected chi connectivity index (χ3v) is 6.71. The smallest absolute Gasteiger partial charge is 0.305 e. The van der Waals surface area contributed by atoms with Gasteiger partial charge in [-0.05, 0) is 12.8 Å². The Balaban J connectivity index is 4.87. The molecule has 220 valence electrons. The zero-order valence-corrected chi connectivity index (χ0v) is 23.4. The summed E-state index contributed by atoms with van der Waals surface area (Å²) in [7, 11) is 0. The normalized spacial score (nSPS) is 12.1. The van der Waals surface area contributed by atoms with Gasteiger partial charge in [0.1, 0.15) is 13.2 Å². The molecule has 4 N–H and O–H groups in total. The number of hydrogen-bond acceptors (Lipinski definition) is 9. The number of ether oxygens (including phenoxy) is 3. The number of aliphatic hydroxyl groups is 4. The van der Waals surface area contributed by atoms with Crippen LogP contribution in [0.5, 0.6) is 0 Å². The van der Waals surface area contributed by atoms with E-state index >= 15 is 0 Å². The minimum atomic E-state index is -1.25. The van der Waals surface area contributed by atoms with Crippen LogP contribution in [0.4, 0.5) is 0 Å².